The van der Waals surface area contributed by atoms with E-state index in [9.17, 15) is 18.0 Å². The number of carbonyl (C=O) groups is 2. The SMILES string of the molecule is CCCCN1CCC(CS(=O)(=O)N2[C@@H]3CC[C@H]2C[C@@H](NC(=O)c2cc4c(cc2Cl)NC(=O)C4)C3)CC1. The van der Waals surface area contributed by atoms with Crippen LogP contribution in [-0.2, 0) is 21.2 Å². The molecule has 1 aromatic rings. The number of nitrogens with one attached hydrogen (secondary N) is 2. The maximum atomic E-state index is 13.5. The first-order valence-corrected chi connectivity index (χ1v) is 15.4. The van der Waals surface area contributed by atoms with Gasteiger partial charge in [0.2, 0.25) is 15.9 Å². The van der Waals surface area contributed by atoms with Crippen molar-refractivity contribution >= 4 is 39.1 Å². The Bertz CT molecular complexity index is 1110. The summed E-state index contributed by atoms with van der Waals surface area (Å²) in [6.07, 6.45) is 7.48. The van der Waals surface area contributed by atoms with E-state index in [2.05, 4.69) is 22.5 Å². The van der Waals surface area contributed by atoms with Gasteiger partial charge in [0, 0.05) is 23.8 Å². The Balaban J connectivity index is 1.18. The number of hydrogen-bond donors (Lipinski definition) is 2. The largest absolute Gasteiger partial charge is 0.349 e. The van der Waals surface area contributed by atoms with Crippen molar-refractivity contribution in [1.29, 1.82) is 0 Å². The average molecular weight is 537 g/mol. The minimum Gasteiger partial charge on any atom is -0.349 e. The zero-order chi connectivity index (χ0) is 25.4. The fourth-order valence-corrected chi connectivity index (χ4v) is 9.18. The molecule has 0 radical (unpaired) electrons. The van der Waals surface area contributed by atoms with E-state index in [0.717, 1.165) is 50.9 Å². The van der Waals surface area contributed by atoms with Gasteiger partial charge in [-0.2, -0.15) is 4.31 Å². The Morgan fingerprint density at radius 3 is 2.50 bits per heavy atom. The van der Waals surface area contributed by atoms with E-state index in [-0.39, 0.29) is 48.0 Å². The second-order valence-corrected chi connectivity index (χ2v) is 13.3. The predicted molar refractivity (Wildman–Crippen MR) is 141 cm³/mol. The van der Waals surface area contributed by atoms with Gasteiger partial charge in [-0.05, 0) is 88.2 Å². The molecule has 3 fully saturated rings. The van der Waals surface area contributed by atoms with E-state index < -0.39 is 10.0 Å². The van der Waals surface area contributed by atoms with Crippen molar-refractivity contribution in [3.05, 3.63) is 28.3 Å². The molecule has 0 saturated carbocycles. The van der Waals surface area contributed by atoms with Crippen LogP contribution in [0.25, 0.3) is 0 Å². The van der Waals surface area contributed by atoms with E-state index in [1.54, 1.807) is 16.4 Å². The van der Waals surface area contributed by atoms with Gasteiger partial charge in [0.1, 0.15) is 0 Å². The van der Waals surface area contributed by atoms with Crippen molar-refractivity contribution in [2.75, 3.05) is 30.7 Å². The molecule has 0 aromatic heterocycles. The normalized spacial score (nSPS) is 27.2. The van der Waals surface area contributed by atoms with Crippen LogP contribution in [0.4, 0.5) is 5.69 Å². The highest BCUT2D eigenvalue weighted by molar-refractivity contribution is 7.89. The van der Waals surface area contributed by atoms with Gasteiger partial charge in [-0.15, -0.1) is 0 Å². The summed E-state index contributed by atoms with van der Waals surface area (Å²) in [5.41, 5.74) is 1.79. The molecule has 0 unspecified atom stereocenters. The summed E-state index contributed by atoms with van der Waals surface area (Å²) in [5.74, 6) is 0.104. The molecule has 3 saturated heterocycles. The summed E-state index contributed by atoms with van der Waals surface area (Å²) in [6, 6.07) is 3.12. The van der Waals surface area contributed by atoms with E-state index in [0.29, 0.717) is 29.1 Å². The molecule has 0 spiro atoms. The molecule has 5 rings (SSSR count). The summed E-state index contributed by atoms with van der Waals surface area (Å²) >= 11 is 6.34. The number of carbonyl (C=O) groups excluding carboxylic acids is 2. The van der Waals surface area contributed by atoms with Gasteiger partial charge in [0.25, 0.3) is 5.91 Å². The Morgan fingerprint density at radius 2 is 1.83 bits per heavy atom. The summed E-state index contributed by atoms with van der Waals surface area (Å²) in [5, 5.41) is 6.15. The fraction of sp³-hybridized carbons (Fsp3) is 0.692. The number of halogens is 1. The van der Waals surface area contributed by atoms with Crippen LogP contribution in [0.3, 0.4) is 0 Å². The average Bonchev–Trinajstić information content (AvgIpc) is 3.33. The molecular weight excluding hydrogens is 500 g/mol. The highest BCUT2D eigenvalue weighted by Crippen LogP contribution is 2.39. The van der Waals surface area contributed by atoms with Crippen molar-refractivity contribution in [3.8, 4) is 0 Å². The molecule has 36 heavy (non-hydrogen) atoms. The molecule has 8 nitrogen and oxygen atoms in total. The zero-order valence-electron chi connectivity index (χ0n) is 21.0. The number of hydrogen-bond acceptors (Lipinski definition) is 5. The number of fused-ring (bicyclic) bond motifs is 3. The van der Waals surface area contributed by atoms with Crippen molar-refractivity contribution < 1.29 is 18.0 Å². The van der Waals surface area contributed by atoms with Crippen molar-refractivity contribution in [1.82, 2.24) is 14.5 Å². The number of unbranched alkanes of at least 4 members (excludes halogenated alkanes) is 1. The minimum absolute atomic E-state index is 0.0546. The third-order valence-electron chi connectivity index (χ3n) is 8.37. The summed E-state index contributed by atoms with van der Waals surface area (Å²) in [7, 11) is -3.33. The van der Waals surface area contributed by atoms with Gasteiger partial charge in [0.05, 0.1) is 22.8 Å². The fourth-order valence-electron chi connectivity index (χ4n) is 6.53. The van der Waals surface area contributed by atoms with Gasteiger partial charge in [-0.1, -0.05) is 24.9 Å². The maximum Gasteiger partial charge on any atom is 0.253 e. The number of piperidine rings is 2. The Kier molecular flexibility index (Phi) is 7.64. The molecule has 3 atom stereocenters. The molecule has 10 heteroatoms. The van der Waals surface area contributed by atoms with Crippen LogP contribution in [0.15, 0.2) is 12.1 Å². The van der Waals surface area contributed by atoms with Gasteiger partial charge in [-0.25, -0.2) is 8.42 Å². The van der Waals surface area contributed by atoms with Crippen LogP contribution < -0.4 is 10.6 Å². The monoisotopic (exact) mass is 536 g/mol. The van der Waals surface area contributed by atoms with Crippen LogP contribution in [0, 0.1) is 5.92 Å². The van der Waals surface area contributed by atoms with Gasteiger partial charge in [0.15, 0.2) is 0 Å². The standard InChI is InChI=1S/C26H37ClN4O4S/c1-2-3-8-30-9-6-17(7-10-30)16-36(34,35)31-20-4-5-21(31)14-19(13-20)28-26(33)22-11-18-12-25(32)29-24(18)15-23(22)27/h11,15,17,19-21H,2-10,12-14,16H2,1H3,(H,28,33)(H,29,32)/t19-,20+,21-. The Morgan fingerprint density at radius 1 is 1.14 bits per heavy atom. The highest BCUT2D eigenvalue weighted by Gasteiger charge is 2.47. The van der Waals surface area contributed by atoms with Gasteiger partial charge >= 0.3 is 0 Å². The lowest BCUT2D eigenvalue weighted by atomic mass is 9.98. The molecule has 0 aliphatic carbocycles. The number of rotatable bonds is 8. The van der Waals surface area contributed by atoms with Gasteiger partial charge < -0.3 is 15.5 Å². The van der Waals surface area contributed by atoms with E-state index in [1.807, 2.05) is 0 Å². The lowest BCUT2D eigenvalue weighted by molar-refractivity contribution is -0.115. The summed E-state index contributed by atoms with van der Waals surface area (Å²) < 4.78 is 28.7. The Labute approximate surface area is 219 Å². The number of nitrogens with zero attached hydrogens (tertiary/aromatic N) is 2. The summed E-state index contributed by atoms with van der Waals surface area (Å²) in [4.78, 5) is 27.2. The van der Waals surface area contributed by atoms with Gasteiger partial charge in [-0.3, -0.25) is 9.59 Å². The van der Waals surface area contributed by atoms with Crippen LogP contribution in [0.2, 0.25) is 5.02 Å². The van der Waals surface area contributed by atoms with E-state index in [1.165, 1.54) is 12.8 Å². The van der Waals surface area contributed by atoms with Crippen molar-refractivity contribution in [3.63, 3.8) is 0 Å². The highest BCUT2D eigenvalue weighted by atomic mass is 35.5. The molecule has 1 aromatic carbocycles. The molecule has 4 heterocycles. The smallest absolute Gasteiger partial charge is 0.253 e. The number of amides is 2. The first-order valence-electron chi connectivity index (χ1n) is 13.4. The third kappa shape index (κ3) is 5.44. The minimum atomic E-state index is -3.33. The number of likely N-dealkylation sites (tertiary alicyclic amines) is 1. The predicted octanol–water partition coefficient (Wildman–Crippen LogP) is 3.40. The van der Waals surface area contributed by atoms with E-state index >= 15 is 0 Å². The second kappa shape index (κ2) is 10.6. The summed E-state index contributed by atoms with van der Waals surface area (Å²) in [6.45, 7) is 5.31. The third-order valence-corrected chi connectivity index (χ3v) is 10.8. The number of benzene rings is 1. The quantitative estimate of drug-likeness (QED) is 0.530. The molecule has 4 aliphatic heterocycles. The van der Waals surface area contributed by atoms with Crippen molar-refractivity contribution in [2.45, 2.75) is 82.8 Å². The lowest BCUT2D eigenvalue weighted by Gasteiger charge is -2.39. The Hall–Kier alpha value is -1.68. The van der Waals surface area contributed by atoms with Crippen LogP contribution in [0.5, 0.6) is 0 Å². The van der Waals surface area contributed by atoms with Crippen LogP contribution in [0.1, 0.15) is 74.2 Å². The molecule has 2 amide bonds. The molecule has 198 valence electrons. The van der Waals surface area contributed by atoms with Crippen molar-refractivity contribution in [2.24, 2.45) is 5.92 Å². The molecule has 2 bridgehead atoms. The maximum absolute atomic E-state index is 13.5. The molecule has 2 N–H and O–H groups in total. The zero-order valence-corrected chi connectivity index (χ0v) is 22.5. The topological polar surface area (TPSA) is 98.8 Å². The van der Waals surface area contributed by atoms with Crippen LogP contribution in [-0.4, -0.2) is 72.9 Å². The number of anilines is 1. The molecular formula is C26H37ClN4O4S. The molecule has 4 aliphatic rings. The second-order valence-electron chi connectivity index (χ2n) is 11.0. The van der Waals surface area contributed by atoms with E-state index in [4.69, 9.17) is 11.6 Å². The number of sulfonamides is 1. The lowest BCUT2D eigenvalue weighted by Crippen LogP contribution is -2.53. The van der Waals surface area contributed by atoms with Crippen LogP contribution >= 0.6 is 11.6 Å². The first-order chi connectivity index (χ1) is 17.2. The first kappa shape index (κ1) is 25.9.